The largest absolute Gasteiger partial charge is 0.459 e. The molecule has 0 aliphatic carbocycles. The molecule has 28 heavy (non-hydrogen) atoms. The van der Waals surface area contributed by atoms with Crippen LogP contribution >= 0.6 is 0 Å². The average Bonchev–Trinajstić information content (AvgIpc) is 3.32. The third-order valence-corrected chi connectivity index (χ3v) is 5.28. The molecule has 2 aromatic heterocycles. The van der Waals surface area contributed by atoms with E-state index in [1.54, 1.807) is 12.1 Å². The molecule has 7 nitrogen and oxygen atoms in total. The molecule has 1 N–H and O–H groups in total. The van der Waals surface area contributed by atoms with Gasteiger partial charge in [-0.15, -0.1) is 10.2 Å². The molecule has 1 aromatic carbocycles. The normalized spacial score (nSPS) is 15.6. The highest BCUT2D eigenvalue weighted by Gasteiger charge is 2.23. The number of nitrogens with zero attached hydrogens (tertiary/aromatic N) is 4. The molecule has 1 aliphatic rings. The Morgan fingerprint density at radius 1 is 1.18 bits per heavy atom. The number of fused-ring (bicyclic) bond motifs is 1. The number of amides is 1. The van der Waals surface area contributed by atoms with Crippen LogP contribution < -0.4 is 5.32 Å². The summed E-state index contributed by atoms with van der Waals surface area (Å²) in [5, 5.41) is 11.7. The second-order valence-corrected chi connectivity index (χ2v) is 7.25. The molecule has 0 saturated carbocycles. The van der Waals surface area contributed by atoms with Crippen molar-refractivity contribution in [1.29, 1.82) is 0 Å². The lowest BCUT2D eigenvalue weighted by molar-refractivity contribution is 0.0909. The van der Waals surface area contributed by atoms with Gasteiger partial charge in [0.15, 0.2) is 11.6 Å². The van der Waals surface area contributed by atoms with Crippen molar-refractivity contribution < 1.29 is 9.21 Å². The fourth-order valence-corrected chi connectivity index (χ4v) is 3.64. The fourth-order valence-electron chi connectivity index (χ4n) is 3.64. The summed E-state index contributed by atoms with van der Waals surface area (Å²) in [5.74, 6) is 1.81. The van der Waals surface area contributed by atoms with Crippen molar-refractivity contribution >= 4 is 5.91 Å². The SMILES string of the molecule is Cc1ccccc1CN1CCc2nnc(C(C)NC(=O)c3ccco3)n2CC1. The van der Waals surface area contributed by atoms with Gasteiger partial charge >= 0.3 is 0 Å². The smallest absolute Gasteiger partial charge is 0.287 e. The van der Waals surface area contributed by atoms with Gasteiger partial charge in [0.2, 0.25) is 0 Å². The molecule has 0 radical (unpaired) electrons. The number of aryl methyl sites for hydroxylation is 1. The predicted octanol–water partition coefficient (Wildman–Crippen LogP) is 2.73. The van der Waals surface area contributed by atoms with E-state index in [4.69, 9.17) is 4.42 Å². The average molecular weight is 379 g/mol. The predicted molar refractivity (Wildman–Crippen MR) is 105 cm³/mol. The van der Waals surface area contributed by atoms with E-state index in [9.17, 15) is 4.79 Å². The number of hydrogen-bond acceptors (Lipinski definition) is 5. The standard InChI is InChI=1S/C21H25N5O2/c1-15-6-3-4-7-17(15)14-25-10-9-19-23-24-20(26(19)12-11-25)16(2)22-21(27)18-8-5-13-28-18/h3-8,13,16H,9-12,14H2,1-2H3,(H,22,27). The van der Waals surface area contributed by atoms with E-state index in [1.165, 1.54) is 17.4 Å². The van der Waals surface area contributed by atoms with Gasteiger partial charge in [0.1, 0.15) is 5.82 Å². The van der Waals surface area contributed by atoms with Crippen LogP contribution in [0.1, 0.15) is 46.3 Å². The van der Waals surface area contributed by atoms with Gasteiger partial charge in [-0.25, -0.2) is 0 Å². The third kappa shape index (κ3) is 3.84. The summed E-state index contributed by atoms with van der Waals surface area (Å²) < 4.78 is 7.31. The molecular weight excluding hydrogens is 354 g/mol. The van der Waals surface area contributed by atoms with Crippen LogP contribution in [0.5, 0.6) is 0 Å². The third-order valence-electron chi connectivity index (χ3n) is 5.28. The van der Waals surface area contributed by atoms with E-state index >= 15 is 0 Å². The van der Waals surface area contributed by atoms with Crippen molar-refractivity contribution in [2.75, 3.05) is 13.1 Å². The molecule has 3 heterocycles. The van der Waals surface area contributed by atoms with Crippen LogP contribution in [0.4, 0.5) is 0 Å². The lowest BCUT2D eigenvalue weighted by atomic mass is 10.1. The van der Waals surface area contributed by atoms with Gasteiger partial charge in [0.05, 0.1) is 12.3 Å². The van der Waals surface area contributed by atoms with Crippen LogP contribution in [-0.4, -0.2) is 38.7 Å². The molecule has 0 saturated heterocycles. The minimum atomic E-state index is -0.248. The summed E-state index contributed by atoms with van der Waals surface area (Å²) in [5.41, 5.74) is 2.68. The van der Waals surface area contributed by atoms with E-state index in [2.05, 4.69) is 56.2 Å². The minimum Gasteiger partial charge on any atom is -0.459 e. The molecule has 7 heteroatoms. The lowest BCUT2D eigenvalue weighted by Crippen LogP contribution is -2.30. The van der Waals surface area contributed by atoms with Crippen molar-refractivity contribution in [1.82, 2.24) is 25.0 Å². The van der Waals surface area contributed by atoms with E-state index in [-0.39, 0.29) is 11.9 Å². The molecule has 4 rings (SSSR count). The van der Waals surface area contributed by atoms with E-state index < -0.39 is 0 Å². The first-order chi connectivity index (χ1) is 13.6. The van der Waals surface area contributed by atoms with Gasteiger partial charge in [-0.05, 0) is 37.1 Å². The Bertz CT molecular complexity index is 948. The Morgan fingerprint density at radius 2 is 2.04 bits per heavy atom. The summed E-state index contributed by atoms with van der Waals surface area (Å²) in [6.07, 6.45) is 2.34. The van der Waals surface area contributed by atoms with E-state index in [0.717, 1.165) is 44.2 Å². The van der Waals surface area contributed by atoms with Gasteiger partial charge in [-0.3, -0.25) is 9.69 Å². The van der Waals surface area contributed by atoms with Gasteiger partial charge in [0, 0.05) is 32.6 Å². The van der Waals surface area contributed by atoms with Crippen molar-refractivity contribution in [3.63, 3.8) is 0 Å². The molecule has 0 bridgehead atoms. The van der Waals surface area contributed by atoms with E-state index in [1.807, 2.05) is 6.92 Å². The first-order valence-corrected chi connectivity index (χ1v) is 9.65. The highest BCUT2D eigenvalue weighted by Crippen LogP contribution is 2.18. The summed E-state index contributed by atoms with van der Waals surface area (Å²) in [4.78, 5) is 14.7. The second-order valence-electron chi connectivity index (χ2n) is 7.25. The topological polar surface area (TPSA) is 76.2 Å². The number of aromatic nitrogens is 3. The number of carbonyl (C=O) groups excluding carboxylic acids is 1. The first kappa shape index (κ1) is 18.4. The van der Waals surface area contributed by atoms with Crippen LogP contribution in [-0.2, 0) is 19.5 Å². The van der Waals surface area contributed by atoms with Gasteiger partial charge in [0.25, 0.3) is 5.91 Å². The molecular formula is C21H25N5O2. The van der Waals surface area contributed by atoms with Crippen LogP contribution in [0.3, 0.4) is 0 Å². The molecule has 0 fully saturated rings. The zero-order valence-electron chi connectivity index (χ0n) is 16.3. The van der Waals surface area contributed by atoms with E-state index in [0.29, 0.717) is 5.76 Å². The molecule has 1 amide bonds. The molecule has 1 aliphatic heterocycles. The summed E-state index contributed by atoms with van der Waals surface area (Å²) in [6, 6.07) is 11.6. The fraction of sp³-hybridized carbons (Fsp3) is 0.381. The number of furan rings is 1. The Morgan fingerprint density at radius 3 is 2.82 bits per heavy atom. The zero-order valence-corrected chi connectivity index (χ0v) is 16.3. The van der Waals surface area contributed by atoms with Gasteiger partial charge in [-0.1, -0.05) is 24.3 Å². The van der Waals surface area contributed by atoms with Gasteiger partial charge in [-0.2, -0.15) is 0 Å². The molecule has 1 atom stereocenters. The Kier molecular flexibility index (Phi) is 5.25. The Hall–Kier alpha value is -2.93. The van der Waals surface area contributed by atoms with Crippen molar-refractivity contribution in [2.24, 2.45) is 0 Å². The summed E-state index contributed by atoms with van der Waals surface area (Å²) >= 11 is 0. The highest BCUT2D eigenvalue weighted by atomic mass is 16.3. The monoisotopic (exact) mass is 379 g/mol. The number of hydrogen-bond donors (Lipinski definition) is 1. The molecule has 0 spiro atoms. The van der Waals surface area contributed by atoms with Crippen LogP contribution in [0.15, 0.2) is 47.1 Å². The maximum Gasteiger partial charge on any atom is 0.287 e. The van der Waals surface area contributed by atoms with Gasteiger partial charge < -0.3 is 14.3 Å². The number of nitrogens with one attached hydrogen (secondary N) is 1. The first-order valence-electron chi connectivity index (χ1n) is 9.65. The molecule has 146 valence electrons. The lowest BCUT2D eigenvalue weighted by Gasteiger charge is -2.21. The van der Waals surface area contributed by atoms with Crippen molar-refractivity contribution in [3.8, 4) is 0 Å². The number of rotatable bonds is 5. The number of benzene rings is 1. The molecule has 1 unspecified atom stereocenters. The summed E-state index contributed by atoms with van der Waals surface area (Å²) in [6.45, 7) is 7.69. The molecule has 3 aromatic rings. The van der Waals surface area contributed by atoms with Crippen molar-refractivity contribution in [2.45, 2.75) is 39.4 Å². The maximum absolute atomic E-state index is 12.3. The van der Waals surface area contributed by atoms with Crippen LogP contribution in [0, 0.1) is 6.92 Å². The highest BCUT2D eigenvalue weighted by molar-refractivity contribution is 5.91. The quantitative estimate of drug-likeness (QED) is 0.738. The van der Waals surface area contributed by atoms with Crippen LogP contribution in [0.2, 0.25) is 0 Å². The Labute approximate surface area is 164 Å². The number of carbonyl (C=O) groups is 1. The summed E-state index contributed by atoms with van der Waals surface area (Å²) in [7, 11) is 0. The second kappa shape index (κ2) is 7.98. The Balaban J connectivity index is 1.43. The zero-order chi connectivity index (χ0) is 19.5. The van der Waals surface area contributed by atoms with Crippen LogP contribution in [0.25, 0.3) is 0 Å². The van der Waals surface area contributed by atoms with Crippen molar-refractivity contribution in [3.05, 3.63) is 71.2 Å². The minimum absolute atomic E-state index is 0.246. The maximum atomic E-state index is 12.3.